The van der Waals surface area contributed by atoms with Crippen LogP contribution >= 0.6 is 0 Å². The number of aryl methyl sites for hydroxylation is 5. The summed E-state index contributed by atoms with van der Waals surface area (Å²) in [6.07, 6.45) is 18.6. The van der Waals surface area contributed by atoms with Crippen molar-refractivity contribution in [3.63, 3.8) is 0 Å². The van der Waals surface area contributed by atoms with E-state index in [1.54, 1.807) is 104 Å². The highest BCUT2D eigenvalue weighted by Crippen LogP contribution is 2.31. The molecule has 0 atom stereocenters. The van der Waals surface area contributed by atoms with Crippen molar-refractivity contribution in [2.75, 3.05) is 90.3 Å². The van der Waals surface area contributed by atoms with Gasteiger partial charge < -0.3 is 74.4 Å². The number of rotatable bonds is 29. The Balaban J connectivity index is 0.000000134. The molecule has 0 amide bonds. The Bertz CT molecular complexity index is 7950. The molecule has 720 valence electrons. The van der Waals surface area contributed by atoms with Crippen LogP contribution in [0.5, 0.6) is 5.75 Å². The Morgan fingerprint density at radius 1 is 0.380 bits per heavy atom. The number of pyridine rings is 13. The number of H-pyrrole nitrogens is 1. The summed E-state index contributed by atoms with van der Waals surface area (Å²) in [5, 5.41) is 32.3. The lowest BCUT2D eigenvalue weighted by molar-refractivity contribution is 0.222. The molecule has 0 spiro atoms. The fourth-order valence-corrected chi connectivity index (χ4v) is 16.1. The van der Waals surface area contributed by atoms with E-state index in [1.807, 2.05) is 273 Å². The van der Waals surface area contributed by atoms with E-state index >= 15 is 0 Å². The minimum absolute atomic E-state index is 0.00295. The fraction of sp³-hybridized carbons (Fsp3) is 0.202. The number of ether oxygens (including phenoxy) is 1. The molecule has 0 bridgehead atoms. The first kappa shape index (κ1) is 98.9. The minimum Gasteiger partial charge on any atom is -0.491 e. The van der Waals surface area contributed by atoms with Gasteiger partial charge in [0, 0.05) is 189 Å². The maximum absolute atomic E-state index is 13.1. The molecule has 0 radical (unpaired) electrons. The van der Waals surface area contributed by atoms with Crippen LogP contribution in [0.2, 0.25) is 0 Å². The predicted octanol–water partition coefficient (Wildman–Crippen LogP) is 18.4. The molecule has 19 rings (SSSR count). The monoisotopic (exact) mass is 1900 g/mol. The number of nitrogens with zero attached hydrogens (tertiary/aromatic N) is 18. The lowest BCUT2D eigenvalue weighted by Gasteiger charge is -2.17. The van der Waals surface area contributed by atoms with Gasteiger partial charge in [0.25, 0.3) is 27.8 Å². The highest BCUT2D eigenvalue weighted by molar-refractivity contribution is 5.90. The molecule has 0 aliphatic heterocycles. The molecule has 4 aromatic carbocycles. The molecule has 8 N–H and O–H groups in total. The van der Waals surface area contributed by atoms with E-state index in [4.69, 9.17) is 9.84 Å². The number of aromatic nitrogens is 17. The van der Waals surface area contributed by atoms with Crippen LogP contribution in [0.1, 0.15) is 66.9 Å². The summed E-state index contributed by atoms with van der Waals surface area (Å²) in [6.45, 7) is 22.5. The number of anilines is 12. The third kappa shape index (κ3) is 24.1. The van der Waals surface area contributed by atoms with Crippen LogP contribution in [0, 0.1) is 0 Å². The second-order valence-corrected chi connectivity index (χ2v) is 33.3. The van der Waals surface area contributed by atoms with Gasteiger partial charge in [-0.3, -0.25) is 29.0 Å². The largest absolute Gasteiger partial charge is 0.491 e. The van der Waals surface area contributed by atoms with Crippen molar-refractivity contribution in [2.45, 2.75) is 87.5 Å². The standard InChI is InChI=1S/C23H23N5O2.C23H31N5O2.C23H23N5O.C20H17N5O2.C20H17N5O/c1-2-28-20-13-22(27-21-9-8-18(15-26-21)24-10-11-29)25-14-17(20)12-19(23(28)30)16-6-4-3-5-7-16;1-6-28(7-2)10-11-30-18-8-9-21(25-15-18)26-22-13-20-17(14-24-22)12-19(16(3)4)23(29)27(20)5;1-4-28-20-13-22(26-21-11-10-18(15-25-21)27(2)3)24-14-17(20)12-19(23(28)29)16-8-6-5-7-9-16;1-2-25-16-11-18(23-17-8-9-21-20(27)24-17)22-12-14(16)10-15(19(25)26)13-6-4-3-5-7-13;1-2-25-17-11-19(24-18-8-9-21-13-23-18)22-12-15(17)10-16(20(25)26)14-6-4-3-5-7-14/h3-9,12-15,24,29H,2,10-11H2,1H3,(H,25,26,27);8-9,12-16H,6-7,10-11H2,1-5H3,(H,24,25,26);5-15H,4H2,1-3H3,(H,24,25,26);3-12H,2H2,1H3,(H2,21,22,23,24,27);3-13H,2H2,1H3,(H,21,22,23,24). The molecule has 142 heavy (non-hydrogen) atoms. The second-order valence-electron chi connectivity index (χ2n) is 33.3. The van der Waals surface area contributed by atoms with Crippen LogP contribution in [0.4, 0.5) is 69.6 Å². The van der Waals surface area contributed by atoms with E-state index in [1.165, 1.54) is 12.5 Å². The summed E-state index contributed by atoms with van der Waals surface area (Å²) in [4.78, 5) is 130. The molecular weight excluding hydrogens is 1790 g/mol. The van der Waals surface area contributed by atoms with E-state index in [0.29, 0.717) is 120 Å². The third-order valence-electron chi connectivity index (χ3n) is 23.6. The molecule has 0 aliphatic carbocycles. The normalized spacial score (nSPS) is 11.0. The average molecular weight is 1900 g/mol. The molecule has 15 aromatic heterocycles. The zero-order chi connectivity index (χ0) is 99.7. The van der Waals surface area contributed by atoms with Gasteiger partial charge in [-0.1, -0.05) is 149 Å². The Labute approximate surface area is 818 Å². The van der Waals surface area contributed by atoms with E-state index in [2.05, 4.69) is 110 Å². The van der Waals surface area contributed by atoms with Gasteiger partial charge >= 0.3 is 5.69 Å². The summed E-state index contributed by atoms with van der Waals surface area (Å²) in [5.41, 5.74) is 12.5. The van der Waals surface area contributed by atoms with E-state index in [-0.39, 0.29) is 40.3 Å². The van der Waals surface area contributed by atoms with Crippen LogP contribution in [0.3, 0.4) is 0 Å². The zero-order valence-corrected chi connectivity index (χ0v) is 80.8. The van der Waals surface area contributed by atoms with Crippen molar-refractivity contribution in [3.05, 3.63) is 367 Å². The van der Waals surface area contributed by atoms with Gasteiger partial charge in [0.15, 0.2) is 0 Å². The van der Waals surface area contributed by atoms with Gasteiger partial charge in [-0.2, -0.15) is 0 Å². The number of aliphatic hydroxyl groups excluding tert-OH is 1. The highest BCUT2D eigenvalue weighted by atomic mass is 16.5. The van der Waals surface area contributed by atoms with Crippen molar-refractivity contribution >= 4 is 124 Å². The summed E-state index contributed by atoms with van der Waals surface area (Å²) in [7, 11) is 5.74. The molecule has 0 aliphatic rings. The lowest BCUT2D eigenvalue weighted by atomic mass is 10.0. The van der Waals surface area contributed by atoms with Gasteiger partial charge in [-0.05, 0) is 148 Å². The number of aromatic amines is 1. The summed E-state index contributed by atoms with van der Waals surface area (Å²) < 4.78 is 14.5. The van der Waals surface area contributed by atoms with Crippen LogP contribution < -0.4 is 75.0 Å². The fourth-order valence-electron chi connectivity index (χ4n) is 16.1. The second kappa shape index (κ2) is 47.0. The zero-order valence-electron chi connectivity index (χ0n) is 80.8. The number of benzene rings is 4. The maximum atomic E-state index is 13.1. The first-order valence-electron chi connectivity index (χ1n) is 46.9. The Morgan fingerprint density at radius 2 is 0.761 bits per heavy atom. The maximum Gasteiger partial charge on any atom is 0.346 e. The molecule has 33 heteroatoms. The third-order valence-corrected chi connectivity index (χ3v) is 23.6. The van der Waals surface area contributed by atoms with Crippen LogP contribution in [0.15, 0.2) is 328 Å². The van der Waals surface area contributed by atoms with Gasteiger partial charge in [0.05, 0.1) is 64.2 Å². The SMILES string of the molecule is CCN(CC)CCOc1ccc(Nc2cc3c(cn2)cc(C(C)C)c(=O)n3C)nc1.CCn1c(=O)c(-c2ccccc2)cc2cnc(Nc3ccc(N(C)C)cn3)cc21.CCn1c(=O)c(-c2ccccc2)cc2cnc(Nc3ccc(NCCO)cn3)cc21.CCn1c(=O)c(-c2ccccc2)cc2cnc(Nc3ccnc(=O)[nH]3)cc21.CCn1c(=O)c(-c2ccccc2)cc2cnc(Nc3ccncn3)cc21. The van der Waals surface area contributed by atoms with Crippen molar-refractivity contribution in [1.29, 1.82) is 0 Å². The van der Waals surface area contributed by atoms with Crippen molar-refractivity contribution in [3.8, 4) is 50.3 Å². The summed E-state index contributed by atoms with van der Waals surface area (Å²) in [6, 6.07) is 72.3. The first-order valence-corrected chi connectivity index (χ1v) is 46.9. The molecule has 19 aromatic rings. The summed E-state index contributed by atoms with van der Waals surface area (Å²) >= 11 is 0. The van der Waals surface area contributed by atoms with Crippen molar-refractivity contribution in [1.82, 2.24) is 87.5 Å². The number of hydrogen-bond acceptors (Lipinski definition) is 27. The number of fused-ring (bicyclic) bond motifs is 5. The van der Waals surface area contributed by atoms with Gasteiger partial charge in [0.2, 0.25) is 0 Å². The van der Waals surface area contributed by atoms with Crippen LogP contribution in [0.25, 0.3) is 99.0 Å². The topological polar surface area (TPSA) is 393 Å². The molecule has 33 nitrogen and oxygen atoms in total. The molecule has 0 saturated carbocycles. The van der Waals surface area contributed by atoms with Crippen LogP contribution in [-0.4, -0.2) is 146 Å². The number of likely N-dealkylation sites (N-methyl/N-ethyl adjacent to an activating group) is 1. The van der Waals surface area contributed by atoms with Crippen molar-refractivity contribution < 1.29 is 9.84 Å². The molecule has 15 heterocycles. The van der Waals surface area contributed by atoms with Crippen molar-refractivity contribution in [2.24, 2.45) is 7.05 Å². The quantitative estimate of drug-likeness (QED) is 0.0216. The number of hydrogen-bond donors (Lipinski definition) is 8. The minimum atomic E-state index is -0.446. The Kier molecular flexibility index (Phi) is 32.7. The lowest BCUT2D eigenvalue weighted by Crippen LogP contribution is -2.27. The number of aliphatic hydroxyl groups is 1. The van der Waals surface area contributed by atoms with Gasteiger partial charge in [-0.25, -0.2) is 59.6 Å². The summed E-state index contributed by atoms with van der Waals surface area (Å²) in [5.74, 6) is 7.10. The Hall–Kier alpha value is -17.6. The first-order chi connectivity index (χ1) is 69.1. The van der Waals surface area contributed by atoms with Gasteiger partial charge in [-0.15, -0.1) is 0 Å². The molecule has 0 unspecified atom stereocenters. The van der Waals surface area contributed by atoms with E-state index in [9.17, 15) is 28.8 Å². The number of nitrogens with one attached hydrogen (secondary N) is 7. The average Bonchev–Trinajstić information content (AvgIpc) is 0.772. The predicted molar refractivity (Wildman–Crippen MR) is 569 cm³/mol. The van der Waals surface area contributed by atoms with Crippen LogP contribution in [-0.2, 0) is 33.2 Å². The Morgan fingerprint density at radius 3 is 1.11 bits per heavy atom. The molecule has 0 saturated heterocycles. The van der Waals surface area contributed by atoms with E-state index < -0.39 is 5.69 Å². The van der Waals surface area contributed by atoms with Gasteiger partial charge in [0.1, 0.15) is 76.9 Å². The molecule has 0 fully saturated rings. The van der Waals surface area contributed by atoms with E-state index in [0.717, 1.165) is 119 Å². The smallest absolute Gasteiger partial charge is 0.346 e. The highest BCUT2D eigenvalue weighted by Gasteiger charge is 2.20. The molecular formula is C109H111N25O8.